The highest BCUT2D eigenvalue weighted by molar-refractivity contribution is 5.93. The summed E-state index contributed by atoms with van der Waals surface area (Å²) in [6.07, 6.45) is -0.319. The van der Waals surface area contributed by atoms with Crippen LogP contribution in [0.1, 0.15) is 23.7 Å². The van der Waals surface area contributed by atoms with Gasteiger partial charge in [0.25, 0.3) is 0 Å². The summed E-state index contributed by atoms with van der Waals surface area (Å²) in [4.78, 5) is 33.9. The van der Waals surface area contributed by atoms with Crippen molar-refractivity contribution in [3.05, 3.63) is 29.8 Å². The molecule has 0 aliphatic carbocycles. The van der Waals surface area contributed by atoms with Gasteiger partial charge in [0.05, 0.1) is 0 Å². The molecule has 1 saturated heterocycles. The summed E-state index contributed by atoms with van der Waals surface area (Å²) < 4.78 is 10.2. The van der Waals surface area contributed by atoms with Crippen molar-refractivity contribution in [2.45, 2.75) is 25.5 Å². The van der Waals surface area contributed by atoms with Gasteiger partial charge in [-0.1, -0.05) is 12.1 Å². The van der Waals surface area contributed by atoms with Crippen LogP contribution in [0.3, 0.4) is 0 Å². The number of aliphatic carboxylic acids is 1. The third-order valence-electron chi connectivity index (χ3n) is 3.02. The van der Waals surface area contributed by atoms with E-state index in [1.807, 2.05) is 0 Å². The Morgan fingerprint density at radius 1 is 1.29 bits per heavy atom. The lowest BCUT2D eigenvalue weighted by atomic mass is 10.2. The van der Waals surface area contributed by atoms with Gasteiger partial charge in [0, 0.05) is 19.9 Å². The van der Waals surface area contributed by atoms with Gasteiger partial charge in [0.15, 0.2) is 0 Å². The normalized spacial score (nSPS) is 20.8. The van der Waals surface area contributed by atoms with Crippen molar-refractivity contribution in [2.75, 3.05) is 6.54 Å². The topological polar surface area (TPSA) is 102 Å². The van der Waals surface area contributed by atoms with Crippen LogP contribution < -0.4 is 10.1 Å². The fourth-order valence-corrected chi connectivity index (χ4v) is 2.08. The van der Waals surface area contributed by atoms with Crippen molar-refractivity contribution >= 4 is 17.9 Å². The number of ether oxygens (including phenoxy) is 2. The smallest absolute Gasteiger partial charge is 0.342 e. The predicted molar refractivity (Wildman–Crippen MR) is 71.0 cm³/mol. The van der Waals surface area contributed by atoms with E-state index in [9.17, 15) is 14.4 Å². The molecule has 1 aliphatic rings. The summed E-state index contributed by atoms with van der Waals surface area (Å²) in [5.74, 6) is -2.04. The van der Waals surface area contributed by atoms with Crippen LogP contribution in [0.15, 0.2) is 24.3 Å². The van der Waals surface area contributed by atoms with Gasteiger partial charge in [-0.3, -0.25) is 9.59 Å². The molecule has 112 valence electrons. The Morgan fingerprint density at radius 3 is 2.62 bits per heavy atom. The van der Waals surface area contributed by atoms with E-state index in [1.54, 1.807) is 12.1 Å². The van der Waals surface area contributed by atoms with E-state index < -0.39 is 30.1 Å². The van der Waals surface area contributed by atoms with Gasteiger partial charge in [-0.05, 0) is 12.1 Å². The molecule has 0 saturated carbocycles. The number of para-hydroxylation sites is 1. The van der Waals surface area contributed by atoms with Gasteiger partial charge >= 0.3 is 17.9 Å². The molecule has 1 aliphatic heterocycles. The van der Waals surface area contributed by atoms with Crippen LogP contribution >= 0.6 is 0 Å². The van der Waals surface area contributed by atoms with E-state index in [0.29, 0.717) is 0 Å². The molecule has 0 radical (unpaired) electrons. The second kappa shape index (κ2) is 6.36. The first-order chi connectivity index (χ1) is 9.97. The zero-order valence-electron chi connectivity index (χ0n) is 11.4. The standard InChI is InChI=1S/C14H15NO6/c1-8(16)20-12-5-3-2-4-10(12)14(19)21-9-6-11(13(17)18)15-7-9/h2-5,9,11,15H,6-7H2,1H3,(H,17,18)/t9?,11-/m0/s1. The molecule has 21 heavy (non-hydrogen) atoms. The number of nitrogens with one attached hydrogen (secondary N) is 1. The lowest BCUT2D eigenvalue weighted by Crippen LogP contribution is -2.30. The number of esters is 2. The number of carbonyl (C=O) groups is 3. The average molecular weight is 293 g/mol. The van der Waals surface area contributed by atoms with E-state index in [0.717, 1.165) is 0 Å². The van der Waals surface area contributed by atoms with Gasteiger partial charge in [-0.25, -0.2) is 4.79 Å². The lowest BCUT2D eigenvalue weighted by molar-refractivity contribution is -0.139. The van der Waals surface area contributed by atoms with Gasteiger partial charge in [-0.15, -0.1) is 0 Å². The molecule has 1 aromatic carbocycles. The molecule has 0 aromatic heterocycles. The Morgan fingerprint density at radius 2 is 2.00 bits per heavy atom. The molecule has 1 fully saturated rings. The molecule has 1 unspecified atom stereocenters. The number of hydrogen-bond donors (Lipinski definition) is 2. The molecule has 0 amide bonds. The Labute approximate surface area is 120 Å². The fourth-order valence-electron chi connectivity index (χ4n) is 2.08. The number of rotatable bonds is 4. The molecule has 2 rings (SSSR count). The zero-order valence-corrected chi connectivity index (χ0v) is 11.4. The van der Waals surface area contributed by atoms with E-state index in [1.165, 1.54) is 19.1 Å². The minimum Gasteiger partial charge on any atom is -0.480 e. The second-order valence-corrected chi connectivity index (χ2v) is 4.65. The summed E-state index contributed by atoms with van der Waals surface area (Å²) >= 11 is 0. The van der Waals surface area contributed by atoms with Crippen LogP contribution in [0.5, 0.6) is 5.75 Å². The summed E-state index contributed by atoms with van der Waals surface area (Å²) in [6, 6.07) is 5.51. The molecule has 2 N–H and O–H groups in total. The molecule has 1 aromatic rings. The first-order valence-electron chi connectivity index (χ1n) is 6.42. The van der Waals surface area contributed by atoms with Gasteiger partial charge < -0.3 is 19.9 Å². The van der Waals surface area contributed by atoms with E-state index in [-0.39, 0.29) is 24.3 Å². The lowest BCUT2D eigenvalue weighted by Gasteiger charge is -2.13. The van der Waals surface area contributed by atoms with Crippen molar-refractivity contribution in [3.8, 4) is 5.75 Å². The summed E-state index contributed by atoms with van der Waals surface area (Å²) in [5.41, 5.74) is 0.131. The predicted octanol–water partition coefficient (Wildman–Crippen LogP) is 0.584. The van der Waals surface area contributed by atoms with Crippen LogP contribution in [0.4, 0.5) is 0 Å². The highest BCUT2D eigenvalue weighted by Gasteiger charge is 2.32. The molecule has 7 heteroatoms. The number of carbonyl (C=O) groups excluding carboxylic acids is 2. The Balaban J connectivity index is 2.04. The van der Waals surface area contributed by atoms with E-state index in [4.69, 9.17) is 14.6 Å². The highest BCUT2D eigenvalue weighted by Crippen LogP contribution is 2.21. The average Bonchev–Trinajstić information content (AvgIpc) is 2.87. The van der Waals surface area contributed by atoms with Crippen molar-refractivity contribution < 1.29 is 29.0 Å². The number of hydrogen-bond acceptors (Lipinski definition) is 6. The number of carboxylic acids is 1. The quantitative estimate of drug-likeness (QED) is 0.618. The first-order valence-corrected chi connectivity index (χ1v) is 6.42. The fraction of sp³-hybridized carbons (Fsp3) is 0.357. The summed E-state index contributed by atoms with van der Waals surface area (Å²) in [5, 5.41) is 11.6. The SMILES string of the molecule is CC(=O)Oc1ccccc1C(=O)OC1CN[C@H](C(=O)O)C1. The maximum atomic E-state index is 12.1. The maximum Gasteiger partial charge on any atom is 0.342 e. The Bertz CT molecular complexity index is 570. The zero-order chi connectivity index (χ0) is 15.4. The molecule has 0 spiro atoms. The third kappa shape index (κ3) is 3.79. The van der Waals surface area contributed by atoms with E-state index >= 15 is 0 Å². The maximum absolute atomic E-state index is 12.1. The minimum atomic E-state index is -0.978. The van der Waals surface area contributed by atoms with Crippen molar-refractivity contribution in [1.82, 2.24) is 5.32 Å². The Kier molecular flexibility index (Phi) is 4.54. The molecule has 7 nitrogen and oxygen atoms in total. The van der Waals surface area contributed by atoms with Crippen LogP contribution in [0, 0.1) is 0 Å². The second-order valence-electron chi connectivity index (χ2n) is 4.65. The summed E-state index contributed by atoms with van der Waals surface area (Å²) in [7, 11) is 0. The molecular formula is C14H15NO6. The van der Waals surface area contributed by atoms with Crippen LogP contribution in [-0.4, -0.2) is 41.7 Å². The first kappa shape index (κ1) is 15.0. The molecular weight excluding hydrogens is 278 g/mol. The third-order valence-corrected chi connectivity index (χ3v) is 3.02. The number of carboxylic acid groups (broad SMARTS) is 1. The summed E-state index contributed by atoms with van der Waals surface area (Å²) in [6.45, 7) is 1.51. The van der Waals surface area contributed by atoms with Crippen LogP contribution in [-0.2, 0) is 14.3 Å². The van der Waals surface area contributed by atoms with Gasteiger partial charge in [0.1, 0.15) is 23.5 Å². The highest BCUT2D eigenvalue weighted by atomic mass is 16.6. The molecule has 1 heterocycles. The van der Waals surface area contributed by atoms with Crippen LogP contribution in [0.25, 0.3) is 0 Å². The molecule has 2 atom stereocenters. The largest absolute Gasteiger partial charge is 0.480 e. The minimum absolute atomic E-state index is 0.121. The van der Waals surface area contributed by atoms with Crippen molar-refractivity contribution in [2.24, 2.45) is 0 Å². The van der Waals surface area contributed by atoms with Gasteiger partial charge in [-0.2, -0.15) is 0 Å². The van der Waals surface area contributed by atoms with E-state index in [2.05, 4.69) is 5.32 Å². The van der Waals surface area contributed by atoms with Crippen LogP contribution in [0.2, 0.25) is 0 Å². The van der Waals surface area contributed by atoms with Crippen molar-refractivity contribution in [3.63, 3.8) is 0 Å². The number of benzene rings is 1. The molecule has 0 bridgehead atoms. The monoisotopic (exact) mass is 293 g/mol. The Hall–Kier alpha value is -2.41. The van der Waals surface area contributed by atoms with Gasteiger partial charge in [0.2, 0.25) is 0 Å². The van der Waals surface area contributed by atoms with Crippen molar-refractivity contribution in [1.29, 1.82) is 0 Å².